The summed E-state index contributed by atoms with van der Waals surface area (Å²) >= 11 is 0. The predicted molar refractivity (Wildman–Crippen MR) is 128 cm³/mol. The first-order valence-corrected chi connectivity index (χ1v) is 11.1. The molecule has 146 valence electrons. The van der Waals surface area contributed by atoms with Gasteiger partial charge in [0, 0.05) is 0 Å². The standard InChI is InChI=1S/C30H26/c1-4-9-21-18-29-25(17-20(21)3)24-15-14-19(2)16-28(24)30(29)26-12-7-5-10-22(26)23-11-6-8-13-27(23)30/h4-5,7-10,12-18H,6,11H2,1-3H3/b9-4-. The van der Waals surface area contributed by atoms with E-state index in [0.717, 1.165) is 12.8 Å². The van der Waals surface area contributed by atoms with Crippen LogP contribution in [-0.2, 0) is 5.41 Å². The van der Waals surface area contributed by atoms with Gasteiger partial charge in [0.15, 0.2) is 0 Å². The van der Waals surface area contributed by atoms with E-state index in [-0.39, 0.29) is 5.41 Å². The van der Waals surface area contributed by atoms with Gasteiger partial charge in [0.2, 0.25) is 0 Å². The summed E-state index contributed by atoms with van der Waals surface area (Å²) in [7, 11) is 0. The largest absolute Gasteiger partial charge is 0.0871 e. The molecule has 0 amide bonds. The number of aryl methyl sites for hydroxylation is 2. The maximum Gasteiger partial charge on any atom is 0.0722 e. The molecule has 0 fully saturated rings. The SMILES string of the molecule is C/C=C\c1cc2c(cc1C)-c1ccc(C)cc1C21C2=C(CCC=C2)c2ccccc21. The lowest BCUT2D eigenvalue weighted by Crippen LogP contribution is -2.27. The van der Waals surface area contributed by atoms with Crippen LogP contribution in [0.3, 0.4) is 0 Å². The van der Waals surface area contributed by atoms with Gasteiger partial charge < -0.3 is 0 Å². The highest BCUT2D eigenvalue weighted by Gasteiger charge is 2.52. The molecule has 1 unspecified atom stereocenters. The second-order valence-electron chi connectivity index (χ2n) is 8.93. The maximum absolute atomic E-state index is 2.47. The van der Waals surface area contributed by atoms with E-state index in [1.165, 1.54) is 55.6 Å². The van der Waals surface area contributed by atoms with Gasteiger partial charge >= 0.3 is 0 Å². The van der Waals surface area contributed by atoms with E-state index in [9.17, 15) is 0 Å². The zero-order valence-corrected chi connectivity index (χ0v) is 17.9. The normalized spacial score (nSPS) is 20.6. The fourth-order valence-electron chi connectivity index (χ4n) is 6.06. The number of rotatable bonds is 1. The van der Waals surface area contributed by atoms with Crippen LogP contribution in [0.4, 0.5) is 0 Å². The molecule has 0 heterocycles. The third kappa shape index (κ3) is 2.07. The van der Waals surface area contributed by atoms with Gasteiger partial charge in [0.1, 0.15) is 0 Å². The second kappa shape index (κ2) is 6.19. The molecule has 1 spiro atoms. The highest BCUT2D eigenvalue weighted by Crippen LogP contribution is 2.63. The number of fused-ring (bicyclic) bond motifs is 9. The quantitative estimate of drug-likeness (QED) is 0.401. The molecule has 0 saturated heterocycles. The van der Waals surface area contributed by atoms with Crippen molar-refractivity contribution in [2.75, 3.05) is 0 Å². The molecule has 1 atom stereocenters. The van der Waals surface area contributed by atoms with E-state index in [0.29, 0.717) is 0 Å². The van der Waals surface area contributed by atoms with Crippen molar-refractivity contribution in [2.24, 2.45) is 0 Å². The molecule has 0 radical (unpaired) electrons. The molecular weight excluding hydrogens is 360 g/mol. The fraction of sp³-hybridized carbons (Fsp3) is 0.200. The van der Waals surface area contributed by atoms with E-state index in [2.05, 4.69) is 99.7 Å². The minimum absolute atomic E-state index is 0.191. The van der Waals surface area contributed by atoms with Crippen LogP contribution >= 0.6 is 0 Å². The molecule has 3 aromatic carbocycles. The number of allylic oxidation sites excluding steroid dienone is 5. The molecule has 0 bridgehead atoms. The van der Waals surface area contributed by atoms with Crippen molar-refractivity contribution in [3.8, 4) is 11.1 Å². The van der Waals surface area contributed by atoms with Crippen molar-refractivity contribution < 1.29 is 0 Å². The molecule has 3 aliphatic rings. The summed E-state index contributed by atoms with van der Waals surface area (Å²) in [5, 5.41) is 0. The molecule has 0 N–H and O–H groups in total. The van der Waals surface area contributed by atoms with Crippen molar-refractivity contribution in [1.29, 1.82) is 0 Å². The highest BCUT2D eigenvalue weighted by atomic mass is 14.5. The van der Waals surface area contributed by atoms with Crippen LogP contribution in [0.2, 0.25) is 0 Å². The molecule has 6 rings (SSSR count). The van der Waals surface area contributed by atoms with Gasteiger partial charge in [-0.25, -0.2) is 0 Å². The minimum atomic E-state index is -0.191. The Balaban J connectivity index is 1.82. The van der Waals surface area contributed by atoms with Crippen LogP contribution in [0, 0.1) is 13.8 Å². The van der Waals surface area contributed by atoms with Gasteiger partial charge in [-0.15, -0.1) is 0 Å². The molecule has 0 saturated carbocycles. The monoisotopic (exact) mass is 386 g/mol. The number of hydrogen-bond acceptors (Lipinski definition) is 0. The van der Waals surface area contributed by atoms with Crippen molar-refractivity contribution in [3.05, 3.63) is 117 Å². The molecule has 30 heavy (non-hydrogen) atoms. The smallest absolute Gasteiger partial charge is 0.0722 e. The van der Waals surface area contributed by atoms with E-state index in [4.69, 9.17) is 0 Å². The number of hydrogen-bond donors (Lipinski definition) is 0. The highest BCUT2D eigenvalue weighted by molar-refractivity contribution is 5.96. The third-order valence-electron chi connectivity index (χ3n) is 7.26. The van der Waals surface area contributed by atoms with Gasteiger partial charge in [-0.1, -0.05) is 78.4 Å². The van der Waals surface area contributed by atoms with Crippen molar-refractivity contribution in [3.63, 3.8) is 0 Å². The first-order chi connectivity index (χ1) is 14.7. The summed E-state index contributed by atoms with van der Waals surface area (Å²) in [5.41, 5.74) is 15.5. The van der Waals surface area contributed by atoms with E-state index < -0.39 is 0 Å². The number of benzene rings is 3. The Hall–Kier alpha value is -3.12. The van der Waals surface area contributed by atoms with Crippen LogP contribution in [0.25, 0.3) is 22.8 Å². The molecule has 0 heteroatoms. The van der Waals surface area contributed by atoms with Gasteiger partial charge in [-0.3, -0.25) is 0 Å². The topological polar surface area (TPSA) is 0 Å². The van der Waals surface area contributed by atoms with Crippen molar-refractivity contribution in [1.82, 2.24) is 0 Å². The molecule has 0 aromatic heterocycles. The summed E-state index contributed by atoms with van der Waals surface area (Å²) in [5.74, 6) is 0. The van der Waals surface area contributed by atoms with Crippen molar-refractivity contribution in [2.45, 2.75) is 39.0 Å². The van der Waals surface area contributed by atoms with Crippen LogP contribution in [0.1, 0.15) is 58.7 Å². The Morgan fingerprint density at radius 1 is 0.833 bits per heavy atom. The first-order valence-electron chi connectivity index (χ1n) is 11.1. The van der Waals surface area contributed by atoms with Crippen LogP contribution in [0.5, 0.6) is 0 Å². The van der Waals surface area contributed by atoms with Crippen LogP contribution < -0.4 is 0 Å². The Kier molecular flexibility index (Phi) is 3.65. The summed E-state index contributed by atoms with van der Waals surface area (Å²) in [6.45, 7) is 6.57. The Morgan fingerprint density at radius 3 is 2.53 bits per heavy atom. The molecule has 0 aliphatic heterocycles. The zero-order valence-electron chi connectivity index (χ0n) is 17.9. The maximum atomic E-state index is 2.47. The van der Waals surface area contributed by atoms with E-state index in [1.54, 1.807) is 5.57 Å². The Bertz CT molecular complexity index is 1310. The fourth-order valence-corrected chi connectivity index (χ4v) is 6.06. The summed E-state index contributed by atoms with van der Waals surface area (Å²) < 4.78 is 0. The summed E-state index contributed by atoms with van der Waals surface area (Å²) in [4.78, 5) is 0. The van der Waals surface area contributed by atoms with Crippen LogP contribution in [0.15, 0.2) is 78.4 Å². The average Bonchev–Trinajstić information content (AvgIpc) is 3.21. The van der Waals surface area contributed by atoms with Crippen LogP contribution in [-0.4, -0.2) is 0 Å². The second-order valence-corrected chi connectivity index (χ2v) is 8.93. The summed E-state index contributed by atoms with van der Waals surface area (Å²) in [6, 6.07) is 21.1. The van der Waals surface area contributed by atoms with E-state index >= 15 is 0 Å². The van der Waals surface area contributed by atoms with Gasteiger partial charge in [0.05, 0.1) is 5.41 Å². The first kappa shape index (κ1) is 17.7. The zero-order chi connectivity index (χ0) is 20.5. The Labute approximate surface area is 179 Å². The Morgan fingerprint density at radius 2 is 1.67 bits per heavy atom. The molecule has 3 aliphatic carbocycles. The average molecular weight is 387 g/mol. The van der Waals surface area contributed by atoms with E-state index in [1.807, 2.05) is 0 Å². The van der Waals surface area contributed by atoms with Gasteiger partial charge in [-0.2, -0.15) is 0 Å². The summed E-state index contributed by atoms with van der Waals surface area (Å²) in [6.07, 6.45) is 11.5. The lowest BCUT2D eigenvalue weighted by molar-refractivity contribution is 0.779. The molecular formula is C30H26. The van der Waals surface area contributed by atoms with Crippen molar-refractivity contribution >= 4 is 11.6 Å². The lowest BCUT2D eigenvalue weighted by atomic mass is 9.68. The van der Waals surface area contributed by atoms with Gasteiger partial charge in [-0.05, 0) is 95.3 Å². The molecule has 0 nitrogen and oxygen atoms in total. The van der Waals surface area contributed by atoms with Gasteiger partial charge in [0.25, 0.3) is 0 Å². The molecule has 3 aromatic rings. The third-order valence-corrected chi connectivity index (χ3v) is 7.26. The predicted octanol–water partition coefficient (Wildman–Crippen LogP) is 7.77. The minimum Gasteiger partial charge on any atom is -0.0871 e. The lowest BCUT2D eigenvalue weighted by Gasteiger charge is -2.32.